The van der Waals surface area contributed by atoms with E-state index in [4.69, 9.17) is 0 Å². The Labute approximate surface area is 87.0 Å². The highest BCUT2D eigenvalue weighted by Crippen LogP contribution is 2.43. The van der Waals surface area contributed by atoms with Crippen molar-refractivity contribution in [3.63, 3.8) is 0 Å². The highest BCUT2D eigenvalue weighted by atomic mass is 15.2. The van der Waals surface area contributed by atoms with E-state index in [1.807, 2.05) is 0 Å². The quantitative estimate of drug-likeness (QED) is 0.731. The third kappa shape index (κ3) is 1.82. The molecule has 0 aromatic heterocycles. The first-order valence-corrected chi connectivity index (χ1v) is 6.25. The van der Waals surface area contributed by atoms with E-state index in [9.17, 15) is 0 Å². The first-order chi connectivity index (χ1) is 6.76. The van der Waals surface area contributed by atoms with Crippen molar-refractivity contribution in [2.24, 2.45) is 5.92 Å². The Balaban J connectivity index is 1.44. The molecule has 0 amide bonds. The van der Waals surface area contributed by atoms with Crippen molar-refractivity contribution in [3.05, 3.63) is 0 Å². The normalized spacial score (nSPS) is 36.2. The third-order valence-corrected chi connectivity index (χ3v) is 4.30. The lowest BCUT2D eigenvalue weighted by molar-refractivity contribution is 0.229. The molecule has 2 saturated carbocycles. The second-order valence-electron chi connectivity index (χ2n) is 5.78. The average molecular weight is 194 g/mol. The lowest BCUT2D eigenvalue weighted by Gasteiger charge is -2.23. The van der Waals surface area contributed by atoms with E-state index in [-0.39, 0.29) is 0 Å². The number of nitrogens with one attached hydrogen (secondary N) is 1. The van der Waals surface area contributed by atoms with Gasteiger partial charge in [0, 0.05) is 18.1 Å². The predicted molar refractivity (Wildman–Crippen MR) is 58.3 cm³/mol. The molecule has 2 aliphatic carbocycles. The Kier molecular flexibility index (Phi) is 2.10. The summed E-state index contributed by atoms with van der Waals surface area (Å²) in [5.41, 5.74) is 0.619. The topological polar surface area (TPSA) is 15.3 Å². The summed E-state index contributed by atoms with van der Waals surface area (Å²) in [5, 5.41) is 3.66. The summed E-state index contributed by atoms with van der Waals surface area (Å²) >= 11 is 0. The van der Waals surface area contributed by atoms with E-state index in [2.05, 4.69) is 17.1 Å². The third-order valence-electron chi connectivity index (χ3n) is 4.30. The second-order valence-corrected chi connectivity index (χ2v) is 5.78. The minimum absolute atomic E-state index is 0.619. The van der Waals surface area contributed by atoms with E-state index < -0.39 is 0 Å². The number of nitrogens with zero attached hydrogens (tertiary/aromatic N) is 1. The number of hydrogen-bond donors (Lipinski definition) is 1. The van der Waals surface area contributed by atoms with E-state index in [1.165, 1.54) is 51.7 Å². The van der Waals surface area contributed by atoms with Crippen LogP contribution in [0.2, 0.25) is 0 Å². The zero-order valence-corrected chi connectivity index (χ0v) is 9.26. The molecule has 1 unspecified atom stereocenters. The Morgan fingerprint density at radius 2 is 2.07 bits per heavy atom. The van der Waals surface area contributed by atoms with Crippen molar-refractivity contribution in [2.45, 2.75) is 50.6 Å². The Bertz CT molecular complexity index is 218. The molecule has 2 nitrogen and oxygen atoms in total. The van der Waals surface area contributed by atoms with Crippen molar-refractivity contribution in [1.82, 2.24) is 10.2 Å². The van der Waals surface area contributed by atoms with Crippen LogP contribution in [0.25, 0.3) is 0 Å². The van der Waals surface area contributed by atoms with E-state index in [0.29, 0.717) is 5.54 Å². The predicted octanol–water partition coefficient (Wildman–Crippen LogP) is 1.61. The summed E-state index contributed by atoms with van der Waals surface area (Å²) in [6, 6.07) is 0.889. The fourth-order valence-corrected chi connectivity index (χ4v) is 2.61. The molecule has 1 heterocycles. The van der Waals surface area contributed by atoms with Gasteiger partial charge in [-0.3, -0.25) is 4.90 Å². The van der Waals surface area contributed by atoms with Crippen LogP contribution in [-0.2, 0) is 0 Å². The molecule has 80 valence electrons. The summed E-state index contributed by atoms with van der Waals surface area (Å²) in [6.07, 6.45) is 7.16. The maximum Gasteiger partial charge on any atom is 0.0182 e. The van der Waals surface area contributed by atoms with Crippen molar-refractivity contribution in [3.8, 4) is 0 Å². The van der Waals surface area contributed by atoms with Crippen LogP contribution in [0.3, 0.4) is 0 Å². The SMILES string of the molecule is CC1(N2CCC(CNC3CC3)C2)CC1. The molecular weight excluding hydrogens is 172 g/mol. The lowest BCUT2D eigenvalue weighted by Crippen LogP contribution is -2.34. The summed E-state index contributed by atoms with van der Waals surface area (Å²) in [4.78, 5) is 2.73. The van der Waals surface area contributed by atoms with Gasteiger partial charge in [0.1, 0.15) is 0 Å². The monoisotopic (exact) mass is 194 g/mol. The van der Waals surface area contributed by atoms with Gasteiger partial charge in [-0.25, -0.2) is 0 Å². The second kappa shape index (κ2) is 3.21. The number of hydrogen-bond acceptors (Lipinski definition) is 2. The fourth-order valence-electron chi connectivity index (χ4n) is 2.61. The molecule has 1 atom stereocenters. The largest absolute Gasteiger partial charge is 0.314 e. The molecule has 3 fully saturated rings. The maximum atomic E-state index is 3.66. The van der Waals surface area contributed by atoms with Gasteiger partial charge in [0.05, 0.1) is 0 Å². The van der Waals surface area contributed by atoms with Gasteiger partial charge in [-0.05, 0) is 58.0 Å². The van der Waals surface area contributed by atoms with Crippen LogP contribution >= 0.6 is 0 Å². The zero-order chi connectivity index (χ0) is 9.60. The average Bonchev–Trinajstić information content (AvgIpc) is 3.08. The standard InChI is InChI=1S/C12H22N2/c1-12(5-6-12)14-7-4-10(9-14)8-13-11-2-3-11/h10-11,13H,2-9H2,1H3. The lowest BCUT2D eigenvalue weighted by atomic mass is 10.1. The van der Waals surface area contributed by atoms with E-state index >= 15 is 0 Å². The van der Waals surface area contributed by atoms with Crippen LogP contribution in [0, 0.1) is 5.92 Å². The van der Waals surface area contributed by atoms with Gasteiger partial charge in [0.2, 0.25) is 0 Å². The minimum Gasteiger partial charge on any atom is -0.314 e. The van der Waals surface area contributed by atoms with Crippen LogP contribution in [0.4, 0.5) is 0 Å². The molecule has 1 aliphatic heterocycles. The molecule has 0 aromatic carbocycles. The van der Waals surface area contributed by atoms with Gasteiger partial charge in [-0.15, -0.1) is 0 Å². The molecule has 1 N–H and O–H groups in total. The molecule has 1 saturated heterocycles. The highest BCUT2D eigenvalue weighted by Gasteiger charge is 2.45. The van der Waals surface area contributed by atoms with Crippen molar-refractivity contribution >= 4 is 0 Å². The fraction of sp³-hybridized carbons (Fsp3) is 1.00. The smallest absolute Gasteiger partial charge is 0.0182 e. The Morgan fingerprint density at radius 1 is 1.29 bits per heavy atom. The molecule has 14 heavy (non-hydrogen) atoms. The molecule has 3 rings (SSSR count). The van der Waals surface area contributed by atoms with Crippen LogP contribution in [0.15, 0.2) is 0 Å². The van der Waals surface area contributed by atoms with Crippen LogP contribution in [-0.4, -0.2) is 36.1 Å². The number of rotatable bonds is 4. The van der Waals surface area contributed by atoms with Crippen molar-refractivity contribution in [1.29, 1.82) is 0 Å². The van der Waals surface area contributed by atoms with Gasteiger partial charge in [-0.1, -0.05) is 0 Å². The molecule has 0 radical (unpaired) electrons. The molecule has 0 spiro atoms. The molecule has 3 aliphatic rings. The Hall–Kier alpha value is -0.0800. The first-order valence-electron chi connectivity index (χ1n) is 6.25. The van der Waals surface area contributed by atoms with Gasteiger partial charge in [0.25, 0.3) is 0 Å². The van der Waals surface area contributed by atoms with Crippen molar-refractivity contribution in [2.75, 3.05) is 19.6 Å². The zero-order valence-electron chi connectivity index (χ0n) is 9.26. The van der Waals surface area contributed by atoms with E-state index in [0.717, 1.165) is 12.0 Å². The van der Waals surface area contributed by atoms with Crippen molar-refractivity contribution < 1.29 is 0 Å². The van der Waals surface area contributed by atoms with Gasteiger partial charge < -0.3 is 5.32 Å². The summed E-state index contributed by atoms with van der Waals surface area (Å²) in [6.45, 7) is 6.42. The Morgan fingerprint density at radius 3 is 2.71 bits per heavy atom. The van der Waals surface area contributed by atoms with Crippen LogP contribution < -0.4 is 5.32 Å². The minimum atomic E-state index is 0.619. The van der Waals surface area contributed by atoms with Gasteiger partial charge in [0.15, 0.2) is 0 Å². The van der Waals surface area contributed by atoms with Crippen LogP contribution in [0.5, 0.6) is 0 Å². The van der Waals surface area contributed by atoms with Gasteiger partial charge in [-0.2, -0.15) is 0 Å². The molecule has 2 heteroatoms. The van der Waals surface area contributed by atoms with E-state index in [1.54, 1.807) is 0 Å². The first kappa shape index (κ1) is 9.17. The highest BCUT2D eigenvalue weighted by molar-refractivity contribution is 5.02. The van der Waals surface area contributed by atoms with Crippen LogP contribution in [0.1, 0.15) is 39.0 Å². The molecule has 0 aromatic rings. The maximum absolute atomic E-state index is 3.66. The summed E-state index contributed by atoms with van der Waals surface area (Å²) < 4.78 is 0. The molecular formula is C12H22N2. The summed E-state index contributed by atoms with van der Waals surface area (Å²) in [7, 11) is 0. The van der Waals surface area contributed by atoms with Gasteiger partial charge >= 0.3 is 0 Å². The number of likely N-dealkylation sites (tertiary alicyclic amines) is 1. The molecule has 0 bridgehead atoms. The summed E-state index contributed by atoms with van der Waals surface area (Å²) in [5.74, 6) is 0.938.